The minimum absolute atomic E-state index is 0.116. The molecule has 0 radical (unpaired) electrons. The van der Waals surface area contributed by atoms with Crippen molar-refractivity contribution in [2.75, 3.05) is 6.54 Å². The van der Waals surface area contributed by atoms with Crippen molar-refractivity contribution in [3.8, 4) is 0 Å². The monoisotopic (exact) mass is 436 g/mol. The highest BCUT2D eigenvalue weighted by atomic mass is 35.5. The van der Waals surface area contributed by atoms with E-state index in [1.54, 1.807) is 29.2 Å². The lowest BCUT2D eigenvalue weighted by Gasteiger charge is -2.34. The Morgan fingerprint density at radius 1 is 1.16 bits per heavy atom. The van der Waals surface area contributed by atoms with Crippen LogP contribution in [0.15, 0.2) is 54.7 Å². The summed E-state index contributed by atoms with van der Waals surface area (Å²) in [6.45, 7) is 0.313. The summed E-state index contributed by atoms with van der Waals surface area (Å²) in [4.78, 5) is 43.2. The molecular formula is C23H21ClN4O3. The van der Waals surface area contributed by atoms with Gasteiger partial charge in [0.1, 0.15) is 12.1 Å². The molecule has 7 nitrogen and oxygen atoms in total. The number of halogens is 1. The first-order valence-corrected chi connectivity index (χ1v) is 10.6. The van der Waals surface area contributed by atoms with Gasteiger partial charge in [-0.15, -0.1) is 0 Å². The van der Waals surface area contributed by atoms with E-state index in [9.17, 15) is 14.4 Å². The molecule has 0 saturated carbocycles. The Hall–Kier alpha value is -3.32. The van der Waals surface area contributed by atoms with Crippen LogP contribution >= 0.6 is 11.6 Å². The third kappa shape index (κ3) is 3.65. The second kappa shape index (κ2) is 7.74. The number of fused-ring (bicyclic) bond motifs is 2. The van der Waals surface area contributed by atoms with E-state index in [0.717, 1.165) is 16.5 Å². The van der Waals surface area contributed by atoms with Crippen LogP contribution in [-0.4, -0.2) is 52.3 Å². The highest BCUT2D eigenvalue weighted by Gasteiger charge is 2.46. The summed E-state index contributed by atoms with van der Waals surface area (Å²) in [5, 5.41) is 7.33. The van der Waals surface area contributed by atoms with Gasteiger partial charge in [0.2, 0.25) is 11.8 Å². The van der Waals surface area contributed by atoms with E-state index in [-0.39, 0.29) is 23.8 Å². The van der Waals surface area contributed by atoms with Crippen molar-refractivity contribution in [1.29, 1.82) is 0 Å². The van der Waals surface area contributed by atoms with Crippen LogP contribution in [0.3, 0.4) is 0 Å². The van der Waals surface area contributed by atoms with Crippen LogP contribution in [0.5, 0.6) is 0 Å². The average Bonchev–Trinajstić information content (AvgIpc) is 3.37. The van der Waals surface area contributed by atoms with E-state index in [1.807, 2.05) is 30.5 Å². The molecule has 8 heteroatoms. The number of hydrogen-bond donors (Lipinski definition) is 3. The standard InChI is InChI=1S/C23H21ClN4O3/c24-15-5-3-4-13(8-15)21(29)26-16-10-20-22(30)27-19(23(31)28(20)12-16)9-14-11-25-18-7-2-1-6-17(14)18/h1-8,11,16,19-20,25H,9-10,12H2,(H,26,29)(H,27,30)/t16-,19-,20-/m0/s1. The SMILES string of the molecule is O=C(N[C@H]1C[C@H]2C(=O)N[C@@H](Cc3c[nH]c4ccccc34)C(=O)N2C1)c1cccc(Cl)c1. The van der Waals surface area contributed by atoms with E-state index >= 15 is 0 Å². The minimum Gasteiger partial charge on any atom is -0.361 e. The van der Waals surface area contributed by atoms with Gasteiger partial charge in [0.25, 0.3) is 5.91 Å². The zero-order valence-electron chi connectivity index (χ0n) is 16.6. The van der Waals surface area contributed by atoms with Crippen LogP contribution in [0.1, 0.15) is 22.3 Å². The summed E-state index contributed by atoms with van der Waals surface area (Å²) in [6.07, 6.45) is 2.69. The summed E-state index contributed by atoms with van der Waals surface area (Å²) in [6, 6.07) is 13.1. The van der Waals surface area contributed by atoms with Gasteiger partial charge < -0.3 is 20.5 Å². The number of nitrogens with one attached hydrogen (secondary N) is 3. The largest absolute Gasteiger partial charge is 0.361 e. The van der Waals surface area contributed by atoms with Gasteiger partial charge in [-0.25, -0.2) is 0 Å². The number of aromatic nitrogens is 1. The fourth-order valence-corrected chi connectivity index (χ4v) is 4.71. The quantitative estimate of drug-likeness (QED) is 0.585. The first-order chi connectivity index (χ1) is 15.0. The molecule has 3 atom stereocenters. The minimum atomic E-state index is -0.620. The summed E-state index contributed by atoms with van der Waals surface area (Å²) >= 11 is 5.97. The molecule has 1 aromatic heterocycles. The number of rotatable bonds is 4. The van der Waals surface area contributed by atoms with Gasteiger partial charge >= 0.3 is 0 Å². The molecule has 2 saturated heterocycles. The number of H-pyrrole nitrogens is 1. The number of carbonyl (C=O) groups is 3. The fraction of sp³-hybridized carbons (Fsp3) is 0.261. The number of hydrogen-bond acceptors (Lipinski definition) is 3. The summed E-state index contributed by atoms with van der Waals surface area (Å²) in [7, 11) is 0. The molecule has 0 aliphatic carbocycles. The first kappa shape index (κ1) is 19.6. The Balaban J connectivity index is 1.29. The summed E-state index contributed by atoms with van der Waals surface area (Å²) in [5.74, 6) is -0.561. The molecule has 2 aliphatic heterocycles. The average molecular weight is 437 g/mol. The normalized spacial score (nSPS) is 23.0. The zero-order valence-corrected chi connectivity index (χ0v) is 17.4. The molecule has 158 valence electrons. The van der Waals surface area contributed by atoms with Gasteiger partial charge in [0, 0.05) is 46.7 Å². The van der Waals surface area contributed by atoms with Gasteiger partial charge in [0.05, 0.1) is 0 Å². The van der Waals surface area contributed by atoms with Crippen molar-refractivity contribution in [1.82, 2.24) is 20.5 Å². The van der Waals surface area contributed by atoms with E-state index in [4.69, 9.17) is 11.6 Å². The lowest BCUT2D eigenvalue weighted by atomic mass is 10.0. The van der Waals surface area contributed by atoms with E-state index in [2.05, 4.69) is 15.6 Å². The Morgan fingerprint density at radius 3 is 2.84 bits per heavy atom. The van der Waals surface area contributed by atoms with Crippen LogP contribution < -0.4 is 10.6 Å². The number of carbonyl (C=O) groups excluding carboxylic acids is 3. The van der Waals surface area contributed by atoms with Crippen molar-refractivity contribution in [2.45, 2.75) is 31.0 Å². The topological polar surface area (TPSA) is 94.3 Å². The molecule has 2 aliphatic rings. The molecule has 31 heavy (non-hydrogen) atoms. The van der Waals surface area contributed by atoms with E-state index < -0.39 is 12.1 Å². The maximum atomic E-state index is 13.1. The second-order valence-corrected chi connectivity index (χ2v) is 8.48. The molecule has 2 fully saturated rings. The van der Waals surface area contributed by atoms with Crippen molar-refractivity contribution >= 4 is 40.2 Å². The predicted octanol–water partition coefficient (Wildman–Crippen LogP) is 2.26. The van der Waals surface area contributed by atoms with Crippen molar-refractivity contribution < 1.29 is 14.4 Å². The maximum absolute atomic E-state index is 13.1. The van der Waals surface area contributed by atoms with E-state index in [0.29, 0.717) is 30.0 Å². The number of para-hydroxylation sites is 1. The van der Waals surface area contributed by atoms with Crippen molar-refractivity contribution in [2.24, 2.45) is 0 Å². The first-order valence-electron chi connectivity index (χ1n) is 10.2. The maximum Gasteiger partial charge on any atom is 0.251 e. The van der Waals surface area contributed by atoms with Crippen LogP contribution in [-0.2, 0) is 16.0 Å². The van der Waals surface area contributed by atoms with Gasteiger partial charge in [-0.2, -0.15) is 0 Å². The molecule has 0 spiro atoms. The smallest absolute Gasteiger partial charge is 0.251 e. The van der Waals surface area contributed by atoms with Gasteiger partial charge in [-0.05, 0) is 36.2 Å². The Morgan fingerprint density at radius 2 is 2.00 bits per heavy atom. The van der Waals surface area contributed by atoms with Crippen LogP contribution in [0.4, 0.5) is 0 Å². The highest BCUT2D eigenvalue weighted by molar-refractivity contribution is 6.31. The molecule has 2 aromatic carbocycles. The number of benzene rings is 2. The van der Waals surface area contributed by atoms with Gasteiger partial charge in [-0.3, -0.25) is 14.4 Å². The summed E-state index contributed by atoms with van der Waals surface area (Å²) in [5.41, 5.74) is 2.43. The van der Waals surface area contributed by atoms with Crippen LogP contribution in [0, 0.1) is 0 Å². The lowest BCUT2D eigenvalue weighted by Crippen LogP contribution is -2.61. The lowest BCUT2D eigenvalue weighted by molar-refractivity contribution is -0.146. The van der Waals surface area contributed by atoms with Crippen molar-refractivity contribution in [3.05, 3.63) is 70.9 Å². The molecule has 0 unspecified atom stereocenters. The molecule has 5 rings (SSSR count). The predicted molar refractivity (Wildman–Crippen MR) is 117 cm³/mol. The number of aromatic amines is 1. The number of amides is 3. The molecule has 0 bridgehead atoms. The second-order valence-electron chi connectivity index (χ2n) is 8.05. The van der Waals surface area contributed by atoms with Gasteiger partial charge in [0.15, 0.2) is 0 Å². The van der Waals surface area contributed by atoms with Crippen LogP contribution in [0.25, 0.3) is 10.9 Å². The van der Waals surface area contributed by atoms with Crippen LogP contribution in [0.2, 0.25) is 5.02 Å². The van der Waals surface area contributed by atoms with E-state index in [1.165, 1.54) is 0 Å². The molecular weight excluding hydrogens is 416 g/mol. The Kier molecular flexibility index (Phi) is 4.90. The summed E-state index contributed by atoms with van der Waals surface area (Å²) < 4.78 is 0. The third-order valence-electron chi connectivity index (χ3n) is 6.02. The highest BCUT2D eigenvalue weighted by Crippen LogP contribution is 2.26. The molecule has 3 heterocycles. The molecule has 3 amide bonds. The third-order valence-corrected chi connectivity index (χ3v) is 6.26. The number of nitrogens with zero attached hydrogens (tertiary/aromatic N) is 1. The molecule has 3 N–H and O–H groups in total. The Bertz CT molecular complexity index is 1190. The van der Waals surface area contributed by atoms with Gasteiger partial charge in [-0.1, -0.05) is 35.9 Å². The molecule has 3 aromatic rings. The fourth-order valence-electron chi connectivity index (χ4n) is 4.52. The van der Waals surface area contributed by atoms with Crippen molar-refractivity contribution in [3.63, 3.8) is 0 Å². The Labute approximate surface area is 183 Å². The number of piperazine rings is 1. The zero-order chi connectivity index (χ0) is 21.5.